The molecule has 2 aromatic carbocycles. The minimum absolute atomic E-state index is 0.125. The van der Waals surface area contributed by atoms with Crippen molar-refractivity contribution in [1.82, 2.24) is 9.88 Å². The predicted octanol–water partition coefficient (Wildman–Crippen LogP) is 2.43. The molecule has 156 valence electrons. The Morgan fingerprint density at radius 2 is 1.80 bits per heavy atom. The lowest BCUT2D eigenvalue weighted by Gasteiger charge is -2.30. The van der Waals surface area contributed by atoms with Crippen molar-refractivity contribution in [2.45, 2.75) is 17.7 Å². The number of sulfonamides is 1. The molecule has 30 heavy (non-hydrogen) atoms. The van der Waals surface area contributed by atoms with Gasteiger partial charge in [-0.3, -0.25) is 14.3 Å². The van der Waals surface area contributed by atoms with Crippen LogP contribution in [-0.4, -0.2) is 43.2 Å². The fourth-order valence-electron chi connectivity index (χ4n) is 3.42. The van der Waals surface area contributed by atoms with Crippen molar-refractivity contribution >= 4 is 48.5 Å². The Morgan fingerprint density at radius 3 is 2.47 bits per heavy atom. The van der Waals surface area contributed by atoms with Crippen molar-refractivity contribution < 1.29 is 18.0 Å². The summed E-state index contributed by atoms with van der Waals surface area (Å²) >= 11 is 1.17. The maximum Gasteiger partial charge on any atom is 0.263 e. The number of hydrogen-bond acceptors (Lipinski definition) is 6. The molecule has 1 aliphatic rings. The van der Waals surface area contributed by atoms with Crippen LogP contribution in [-0.2, 0) is 14.8 Å². The zero-order chi connectivity index (χ0) is 21.3. The zero-order valence-electron chi connectivity index (χ0n) is 15.9. The van der Waals surface area contributed by atoms with Crippen LogP contribution in [0.25, 0.3) is 10.2 Å². The highest BCUT2D eigenvalue weighted by Gasteiger charge is 2.26. The van der Waals surface area contributed by atoms with Crippen LogP contribution in [0.5, 0.6) is 0 Å². The third-order valence-corrected chi connectivity index (χ3v) is 7.51. The SMILES string of the molecule is NC(=O)C1CCN(C(=O)c2ccc3nc(NS(=O)(=O)c4ccccc4)sc3c2)CC1. The van der Waals surface area contributed by atoms with Crippen LogP contribution in [0, 0.1) is 5.92 Å². The Hall–Kier alpha value is -2.98. The molecule has 0 saturated carbocycles. The first kappa shape index (κ1) is 20.3. The van der Waals surface area contributed by atoms with Gasteiger partial charge in [0.15, 0.2) is 5.13 Å². The summed E-state index contributed by atoms with van der Waals surface area (Å²) in [5.41, 5.74) is 6.46. The van der Waals surface area contributed by atoms with Crippen LogP contribution >= 0.6 is 11.3 Å². The Bertz CT molecular complexity index is 1200. The number of primary amides is 1. The molecule has 1 aliphatic heterocycles. The van der Waals surface area contributed by atoms with E-state index >= 15 is 0 Å². The molecular weight excluding hydrogens is 424 g/mol. The summed E-state index contributed by atoms with van der Waals surface area (Å²) in [4.78, 5) is 30.3. The minimum Gasteiger partial charge on any atom is -0.369 e. The molecule has 4 rings (SSSR count). The van der Waals surface area contributed by atoms with Crippen LogP contribution in [0.2, 0.25) is 0 Å². The molecule has 10 heteroatoms. The van der Waals surface area contributed by atoms with Crippen molar-refractivity contribution in [1.29, 1.82) is 0 Å². The average Bonchev–Trinajstić information content (AvgIpc) is 3.14. The second-order valence-electron chi connectivity index (χ2n) is 7.09. The van der Waals surface area contributed by atoms with Gasteiger partial charge in [0.05, 0.1) is 15.1 Å². The number of anilines is 1. The fourth-order valence-corrected chi connectivity index (χ4v) is 5.59. The van der Waals surface area contributed by atoms with E-state index in [-0.39, 0.29) is 27.8 Å². The van der Waals surface area contributed by atoms with Gasteiger partial charge in [-0.1, -0.05) is 29.5 Å². The number of likely N-dealkylation sites (tertiary alicyclic amines) is 1. The number of rotatable bonds is 5. The van der Waals surface area contributed by atoms with Gasteiger partial charge in [0.2, 0.25) is 5.91 Å². The quantitative estimate of drug-likeness (QED) is 0.626. The van der Waals surface area contributed by atoms with Crippen LogP contribution in [0.3, 0.4) is 0 Å². The molecule has 0 bridgehead atoms. The van der Waals surface area contributed by atoms with Gasteiger partial charge >= 0.3 is 0 Å². The third kappa shape index (κ3) is 4.14. The monoisotopic (exact) mass is 444 g/mol. The summed E-state index contributed by atoms with van der Waals surface area (Å²) in [5, 5.41) is 0.237. The number of fused-ring (bicyclic) bond motifs is 1. The lowest BCUT2D eigenvalue weighted by atomic mass is 9.96. The lowest BCUT2D eigenvalue weighted by molar-refractivity contribution is -0.123. The molecule has 0 aliphatic carbocycles. The molecule has 3 aromatic rings. The lowest BCUT2D eigenvalue weighted by Crippen LogP contribution is -2.41. The van der Waals surface area contributed by atoms with E-state index in [4.69, 9.17) is 5.73 Å². The summed E-state index contributed by atoms with van der Waals surface area (Å²) in [5.74, 6) is -0.628. The number of carbonyl (C=O) groups excluding carboxylic acids is 2. The largest absolute Gasteiger partial charge is 0.369 e. The zero-order valence-corrected chi connectivity index (χ0v) is 17.6. The first-order valence-corrected chi connectivity index (χ1v) is 11.7. The highest BCUT2D eigenvalue weighted by atomic mass is 32.2. The van der Waals surface area contributed by atoms with E-state index in [2.05, 4.69) is 9.71 Å². The van der Waals surface area contributed by atoms with Gasteiger partial charge in [0.25, 0.3) is 15.9 Å². The topological polar surface area (TPSA) is 122 Å². The maximum absolute atomic E-state index is 12.8. The van der Waals surface area contributed by atoms with Crippen molar-refractivity contribution in [2.75, 3.05) is 17.8 Å². The minimum atomic E-state index is -3.73. The highest BCUT2D eigenvalue weighted by Crippen LogP contribution is 2.29. The predicted molar refractivity (Wildman–Crippen MR) is 115 cm³/mol. The van der Waals surface area contributed by atoms with E-state index < -0.39 is 10.0 Å². The van der Waals surface area contributed by atoms with Crippen molar-refractivity contribution in [3.8, 4) is 0 Å². The Balaban J connectivity index is 1.52. The summed E-state index contributed by atoms with van der Waals surface area (Å²) in [7, 11) is -3.73. The molecule has 3 N–H and O–H groups in total. The first-order valence-electron chi connectivity index (χ1n) is 9.40. The van der Waals surface area contributed by atoms with Crippen molar-refractivity contribution in [3.63, 3.8) is 0 Å². The van der Waals surface area contributed by atoms with E-state index in [9.17, 15) is 18.0 Å². The molecule has 1 saturated heterocycles. The van der Waals surface area contributed by atoms with Crippen molar-refractivity contribution in [3.05, 3.63) is 54.1 Å². The summed E-state index contributed by atoms with van der Waals surface area (Å²) < 4.78 is 28.2. The molecule has 1 aromatic heterocycles. The van der Waals surface area contributed by atoms with Crippen LogP contribution in [0.4, 0.5) is 5.13 Å². The molecule has 0 spiro atoms. The van der Waals surface area contributed by atoms with Crippen LogP contribution in [0.1, 0.15) is 23.2 Å². The summed E-state index contributed by atoms with van der Waals surface area (Å²) in [6, 6.07) is 13.2. The number of nitrogens with two attached hydrogens (primary N) is 1. The molecule has 1 fully saturated rings. The Morgan fingerprint density at radius 1 is 1.10 bits per heavy atom. The highest BCUT2D eigenvalue weighted by molar-refractivity contribution is 7.93. The second kappa shape index (κ2) is 8.04. The number of aromatic nitrogens is 1. The number of benzene rings is 2. The molecule has 0 unspecified atom stereocenters. The number of nitrogens with zero attached hydrogens (tertiary/aromatic N) is 2. The molecular formula is C20H20N4O4S2. The van der Waals surface area contributed by atoms with Gasteiger partial charge in [0.1, 0.15) is 0 Å². The van der Waals surface area contributed by atoms with E-state index in [0.717, 1.165) is 0 Å². The van der Waals surface area contributed by atoms with Gasteiger partial charge < -0.3 is 10.6 Å². The normalized spacial score (nSPS) is 15.3. The number of piperidine rings is 1. The van der Waals surface area contributed by atoms with E-state index in [1.807, 2.05) is 0 Å². The van der Waals surface area contributed by atoms with E-state index in [1.165, 1.54) is 23.5 Å². The van der Waals surface area contributed by atoms with Gasteiger partial charge in [0, 0.05) is 24.6 Å². The number of nitrogens with one attached hydrogen (secondary N) is 1. The maximum atomic E-state index is 12.8. The van der Waals surface area contributed by atoms with E-state index in [0.29, 0.717) is 41.7 Å². The van der Waals surface area contributed by atoms with Gasteiger partial charge in [-0.2, -0.15) is 0 Å². The number of thiazole rings is 1. The molecule has 2 amide bonds. The third-order valence-electron chi connectivity index (χ3n) is 5.10. The Labute approximate surface area is 177 Å². The smallest absolute Gasteiger partial charge is 0.263 e. The molecule has 0 radical (unpaired) electrons. The molecule has 8 nitrogen and oxygen atoms in total. The summed E-state index contributed by atoms with van der Waals surface area (Å²) in [6.07, 6.45) is 1.13. The van der Waals surface area contributed by atoms with Crippen LogP contribution < -0.4 is 10.5 Å². The number of amides is 2. The fraction of sp³-hybridized carbons (Fsp3) is 0.250. The summed E-state index contributed by atoms with van der Waals surface area (Å²) in [6.45, 7) is 0.963. The molecule has 0 atom stereocenters. The Kier molecular flexibility index (Phi) is 5.44. The molecule has 2 heterocycles. The standard InChI is InChI=1S/C20H20N4O4S2/c21-18(25)13-8-10-24(11-9-13)19(26)14-6-7-16-17(12-14)29-20(22-16)23-30(27,28)15-4-2-1-3-5-15/h1-7,12-13H,8-11H2,(H2,21,25)(H,22,23). The van der Waals surface area contributed by atoms with Crippen LogP contribution in [0.15, 0.2) is 53.4 Å². The van der Waals surface area contributed by atoms with Gasteiger partial charge in [-0.05, 0) is 43.2 Å². The van der Waals surface area contributed by atoms with E-state index in [1.54, 1.807) is 41.3 Å². The number of hydrogen-bond donors (Lipinski definition) is 2. The average molecular weight is 445 g/mol. The first-order chi connectivity index (χ1) is 14.3. The number of carbonyl (C=O) groups is 2. The second-order valence-corrected chi connectivity index (χ2v) is 9.80. The van der Waals surface area contributed by atoms with Gasteiger partial charge in [-0.25, -0.2) is 13.4 Å². The van der Waals surface area contributed by atoms with Gasteiger partial charge in [-0.15, -0.1) is 0 Å². The van der Waals surface area contributed by atoms with Crippen molar-refractivity contribution in [2.24, 2.45) is 11.7 Å².